The van der Waals surface area contributed by atoms with Crippen LogP contribution in [0.15, 0.2) is 53.4 Å². The Morgan fingerprint density at radius 1 is 1.17 bits per heavy atom. The number of hydrogen-bond acceptors (Lipinski definition) is 6. The third-order valence-electron chi connectivity index (χ3n) is 3.89. The lowest BCUT2D eigenvalue weighted by molar-refractivity contribution is -0.153. The van der Waals surface area contributed by atoms with Crippen LogP contribution in [-0.2, 0) is 24.3 Å². The van der Waals surface area contributed by atoms with Crippen molar-refractivity contribution in [2.75, 3.05) is 26.0 Å². The molecule has 2 aromatic rings. The molecule has 0 saturated carbocycles. The Hall–Kier alpha value is -2.62. The van der Waals surface area contributed by atoms with E-state index in [1.54, 1.807) is 24.3 Å². The van der Waals surface area contributed by atoms with E-state index >= 15 is 0 Å². The van der Waals surface area contributed by atoms with Gasteiger partial charge in [-0.05, 0) is 43.3 Å². The number of amides is 1. The van der Waals surface area contributed by atoms with Crippen LogP contribution in [0.3, 0.4) is 0 Å². The lowest BCUT2D eigenvalue weighted by atomic mass is 10.3. The van der Waals surface area contributed by atoms with Gasteiger partial charge in [-0.1, -0.05) is 17.7 Å². The van der Waals surface area contributed by atoms with E-state index in [0.29, 0.717) is 16.5 Å². The maximum Gasteiger partial charge on any atom is 0.322 e. The van der Waals surface area contributed by atoms with Crippen LogP contribution < -0.4 is 10.1 Å². The number of nitrogens with one attached hydrogen (secondary N) is 1. The Bertz CT molecular complexity index is 978. The average Bonchev–Trinajstić information content (AvgIpc) is 2.68. The van der Waals surface area contributed by atoms with Crippen LogP contribution >= 0.6 is 11.6 Å². The van der Waals surface area contributed by atoms with Crippen molar-refractivity contribution >= 4 is 39.2 Å². The molecule has 10 heteroatoms. The normalized spacial score (nSPS) is 12.3. The summed E-state index contributed by atoms with van der Waals surface area (Å²) >= 11 is 5.76. The van der Waals surface area contributed by atoms with Gasteiger partial charge in [0.05, 0.1) is 12.0 Å². The van der Waals surface area contributed by atoms with Gasteiger partial charge in [0.2, 0.25) is 10.0 Å². The molecule has 2 aromatic carbocycles. The van der Waals surface area contributed by atoms with Gasteiger partial charge in [-0.3, -0.25) is 9.59 Å². The number of carbonyl (C=O) groups is 2. The van der Waals surface area contributed by atoms with E-state index in [1.165, 1.54) is 45.3 Å². The van der Waals surface area contributed by atoms with Gasteiger partial charge in [0.15, 0.2) is 6.10 Å². The first-order valence-corrected chi connectivity index (χ1v) is 10.3. The van der Waals surface area contributed by atoms with Gasteiger partial charge in [0, 0.05) is 23.8 Å². The van der Waals surface area contributed by atoms with E-state index in [1.807, 2.05) is 0 Å². The number of esters is 1. The van der Waals surface area contributed by atoms with Crippen molar-refractivity contribution in [1.29, 1.82) is 0 Å². The summed E-state index contributed by atoms with van der Waals surface area (Å²) in [5.41, 5.74) is 0.472. The Morgan fingerprint density at radius 3 is 2.45 bits per heavy atom. The fourth-order valence-electron chi connectivity index (χ4n) is 2.29. The molecule has 1 unspecified atom stereocenters. The first kappa shape index (κ1) is 22.7. The standard InChI is InChI=1S/C19H21ClN2O6S/c1-13(19(24)21-15-5-4-6-16(11-15)27-3)28-18(23)12-22(2)29(25,26)17-9-7-14(20)8-10-17/h4-11,13H,12H2,1-3H3,(H,21,24). The summed E-state index contributed by atoms with van der Waals surface area (Å²) in [6.45, 7) is 0.836. The number of sulfonamides is 1. The highest BCUT2D eigenvalue weighted by Crippen LogP contribution is 2.18. The average molecular weight is 441 g/mol. The molecular weight excluding hydrogens is 420 g/mol. The molecular formula is C19H21ClN2O6S. The van der Waals surface area contributed by atoms with E-state index in [2.05, 4.69) is 5.32 Å². The van der Waals surface area contributed by atoms with E-state index in [9.17, 15) is 18.0 Å². The number of methoxy groups -OCH3 is 1. The number of likely N-dealkylation sites (N-methyl/N-ethyl adjacent to an activating group) is 1. The molecule has 0 aliphatic carbocycles. The number of carbonyl (C=O) groups excluding carboxylic acids is 2. The van der Waals surface area contributed by atoms with E-state index in [4.69, 9.17) is 21.1 Å². The maximum atomic E-state index is 12.5. The molecule has 29 heavy (non-hydrogen) atoms. The van der Waals surface area contributed by atoms with Crippen molar-refractivity contribution in [3.63, 3.8) is 0 Å². The molecule has 1 amide bonds. The van der Waals surface area contributed by atoms with Crippen LogP contribution in [0.25, 0.3) is 0 Å². The maximum absolute atomic E-state index is 12.5. The summed E-state index contributed by atoms with van der Waals surface area (Å²) in [7, 11) is -1.16. The molecule has 156 valence electrons. The summed E-state index contributed by atoms with van der Waals surface area (Å²) in [5, 5.41) is 2.99. The number of anilines is 1. The fourth-order valence-corrected chi connectivity index (χ4v) is 3.53. The van der Waals surface area contributed by atoms with Crippen molar-refractivity contribution in [3.8, 4) is 5.75 Å². The van der Waals surface area contributed by atoms with E-state index < -0.39 is 34.5 Å². The van der Waals surface area contributed by atoms with Gasteiger partial charge in [0.1, 0.15) is 12.3 Å². The Morgan fingerprint density at radius 2 is 1.83 bits per heavy atom. The lowest BCUT2D eigenvalue weighted by Crippen LogP contribution is -2.37. The smallest absolute Gasteiger partial charge is 0.322 e. The van der Waals surface area contributed by atoms with Gasteiger partial charge in [0.25, 0.3) is 5.91 Å². The highest BCUT2D eigenvalue weighted by Gasteiger charge is 2.25. The van der Waals surface area contributed by atoms with Crippen LogP contribution in [0, 0.1) is 0 Å². The third-order valence-corrected chi connectivity index (χ3v) is 5.96. The Kier molecular flexibility index (Phi) is 7.60. The Labute approximate surface area is 174 Å². The molecule has 0 radical (unpaired) electrons. The number of benzene rings is 2. The van der Waals surface area contributed by atoms with Crippen molar-refractivity contribution in [3.05, 3.63) is 53.6 Å². The first-order chi connectivity index (χ1) is 13.6. The number of ether oxygens (including phenoxy) is 2. The lowest BCUT2D eigenvalue weighted by Gasteiger charge is -2.18. The SMILES string of the molecule is COc1cccc(NC(=O)C(C)OC(=O)CN(C)S(=O)(=O)c2ccc(Cl)cc2)c1. The first-order valence-electron chi connectivity index (χ1n) is 8.50. The molecule has 0 aromatic heterocycles. The molecule has 2 rings (SSSR count). The summed E-state index contributed by atoms with van der Waals surface area (Å²) in [6.07, 6.45) is -1.12. The van der Waals surface area contributed by atoms with Gasteiger partial charge in [-0.15, -0.1) is 0 Å². The second-order valence-corrected chi connectivity index (χ2v) is 8.55. The number of hydrogen-bond donors (Lipinski definition) is 1. The molecule has 0 spiro atoms. The predicted molar refractivity (Wildman–Crippen MR) is 108 cm³/mol. The highest BCUT2D eigenvalue weighted by molar-refractivity contribution is 7.89. The van der Waals surface area contributed by atoms with Gasteiger partial charge in [-0.2, -0.15) is 4.31 Å². The van der Waals surface area contributed by atoms with E-state index in [-0.39, 0.29) is 4.90 Å². The van der Waals surface area contributed by atoms with Crippen LogP contribution in [0.2, 0.25) is 5.02 Å². The Balaban J connectivity index is 1.94. The minimum absolute atomic E-state index is 0.0129. The van der Waals surface area contributed by atoms with Crippen molar-refractivity contribution in [2.45, 2.75) is 17.9 Å². The second kappa shape index (κ2) is 9.73. The van der Waals surface area contributed by atoms with Crippen molar-refractivity contribution in [1.82, 2.24) is 4.31 Å². The topological polar surface area (TPSA) is 102 Å². The zero-order valence-electron chi connectivity index (χ0n) is 16.1. The molecule has 0 fully saturated rings. The third kappa shape index (κ3) is 6.18. The van der Waals surface area contributed by atoms with Gasteiger partial charge >= 0.3 is 5.97 Å². The van der Waals surface area contributed by atoms with Crippen LogP contribution in [0.1, 0.15) is 6.92 Å². The molecule has 1 atom stereocenters. The van der Waals surface area contributed by atoms with Crippen LogP contribution in [0.5, 0.6) is 5.75 Å². The van der Waals surface area contributed by atoms with Crippen molar-refractivity contribution < 1.29 is 27.5 Å². The molecule has 0 heterocycles. The molecule has 1 N–H and O–H groups in total. The number of nitrogens with zero attached hydrogens (tertiary/aromatic N) is 1. The fraction of sp³-hybridized carbons (Fsp3) is 0.263. The summed E-state index contributed by atoms with van der Waals surface area (Å²) in [4.78, 5) is 24.3. The highest BCUT2D eigenvalue weighted by atomic mass is 35.5. The second-order valence-electron chi connectivity index (χ2n) is 6.07. The summed E-state index contributed by atoms with van der Waals surface area (Å²) in [5.74, 6) is -0.866. The molecule has 0 aliphatic heterocycles. The predicted octanol–water partition coefficient (Wildman–Crippen LogP) is 2.54. The number of halogens is 1. The molecule has 0 saturated heterocycles. The van der Waals surface area contributed by atoms with Crippen LogP contribution in [-0.4, -0.2) is 51.4 Å². The minimum atomic E-state index is -3.90. The molecule has 0 aliphatic rings. The van der Waals surface area contributed by atoms with Gasteiger partial charge < -0.3 is 14.8 Å². The molecule has 0 bridgehead atoms. The van der Waals surface area contributed by atoms with Crippen LogP contribution in [0.4, 0.5) is 5.69 Å². The largest absolute Gasteiger partial charge is 0.497 e. The minimum Gasteiger partial charge on any atom is -0.497 e. The van der Waals surface area contributed by atoms with E-state index in [0.717, 1.165) is 4.31 Å². The van der Waals surface area contributed by atoms with Crippen molar-refractivity contribution in [2.24, 2.45) is 0 Å². The zero-order valence-corrected chi connectivity index (χ0v) is 17.7. The number of rotatable bonds is 8. The van der Waals surface area contributed by atoms with Gasteiger partial charge in [-0.25, -0.2) is 8.42 Å². The quantitative estimate of drug-likeness (QED) is 0.633. The summed E-state index contributed by atoms with van der Waals surface area (Å²) in [6, 6.07) is 12.2. The molecule has 8 nitrogen and oxygen atoms in total. The zero-order chi connectivity index (χ0) is 21.6. The summed E-state index contributed by atoms with van der Waals surface area (Å²) < 4.78 is 35.9. The monoisotopic (exact) mass is 440 g/mol.